The topological polar surface area (TPSA) is 24.4 Å². The van der Waals surface area contributed by atoms with Crippen LogP contribution in [0.3, 0.4) is 0 Å². The molecule has 12 rings (SSSR count). The first-order valence-electron chi connectivity index (χ1n) is 20.5. The van der Waals surface area contributed by atoms with Gasteiger partial charge in [-0.2, -0.15) is 0 Å². The Labute approximate surface area is 344 Å². The van der Waals surface area contributed by atoms with Crippen molar-refractivity contribution in [1.29, 1.82) is 0 Å². The molecular weight excluding hydrogens is 713 g/mol. The van der Waals surface area contributed by atoms with Gasteiger partial charge in [-0.15, -0.1) is 0 Å². The first kappa shape index (κ1) is 33.6. The van der Waals surface area contributed by atoms with E-state index in [-0.39, 0.29) is 6.17 Å². The number of nitrogens with one attached hydrogen (secondary N) is 1. The van der Waals surface area contributed by atoms with Crippen molar-refractivity contribution in [2.24, 2.45) is 4.99 Å². The summed E-state index contributed by atoms with van der Waals surface area (Å²) < 4.78 is 0. The SMILES string of the molecule is C1=C(c2ccccc2)NC(c2ccc(-c3ccc4c(c3)C3(c5ccccc5-c5ccccc53)c3cc5ccccc5c(-c5ccccc5)c3-4)cc2)N=C1c1ccccc1. The van der Waals surface area contributed by atoms with Gasteiger partial charge in [-0.3, -0.25) is 4.99 Å². The number of rotatable bonds is 5. The largest absolute Gasteiger partial charge is 0.360 e. The van der Waals surface area contributed by atoms with Crippen LogP contribution in [0, 0.1) is 0 Å². The molecule has 0 radical (unpaired) electrons. The second-order valence-corrected chi connectivity index (χ2v) is 15.8. The van der Waals surface area contributed by atoms with E-state index < -0.39 is 5.41 Å². The number of hydrogen-bond acceptors (Lipinski definition) is 2. The van der Waals surface area contributed by atoms with Crippen molar-refractivity contribution in [1.82, 2.24) is 5.32 Å². The molecule has 1 aliphatic heterocycles. The predicted octanol–water partition coefficient (Wildman–Crippen LogP) is 13.6. The molecule has 2 nitrogen and oxygen atoms in total. The molecule has 0 saturated carbocycles. The van der Waals surface area contributed by atoms with E-state index in [0.717, 1.165) is 28.1 Å². The molecule has 1 spiro atoms. The quantitative estimate of drug-likeness (QED) is 0.186. The standard InChI is InChI=1S/C57H38N2/c1-4-16-38(17-5-1)52-36-53(39-18-6-2-7-19-39)59-56(58-52)41-30-28-37(29-31-41)42-32-33-47-50(34-42)57(48-26-14-12-24-45(48)46-25-13-15-27-49(46)57)51-35-43-22-10-11-23-44(43)54(55(47)51)40-20-8-3-9-21-40/h1-36,56,58H. The zero-order chi connectivity index (χ0) is 38.9. The van der Waals surface area contributed by atoms with E-state index in [0.29, 0.717) is 0 Å². The van der Waals surface area contributed by atoms with E-state index in [1.54, 1.807) is 0 Å². The maximum Gasteiger partial charge on any atom is 0.145 e. The number of benzene rings is 9. The molecule has 0 saturated heterocycles. The van der Waals surface area contributed by atoms with Crippen LogP contribution in [0.25, 0.3) is 61.0 Å². The van der Waals surface area contributed by atoms with E-state index in [2.05, 4.69) is 224 Å². The summed E-state index contributed by atoms with van der Waals surface area (Å²) in [5.41, 5.74) is 20.5. The van der Waals surface area contributed by atoms with Gasteiger partial charge in [-0.1, -0.05) is 200 Å². The zero-order valence-electron chi connectivity index (χ0n) is 32.3. The lowest BCUT2D eigenvalue weighted by atomic mass is 9.69. The summed E-state index contributed by atoms with van der Waals surface area (Å²) in [4.78, 5) is 5.25. The first-order chi connectivity index (χ1) is 29.3. The van der Waals surface area contributed by atoms with Crippen LogP contribution in [0.5, 0.6) is 0 Å². The average molecular weight is 751 g/mol. The average Bonchev–Trinajstić information content (AvgIpc) is 3.78. The lowest BCUT2D eigenvalue weighted by molar-refractivity contribution is 0.664. The van der Waals surface area contributed by atoms with Crippen molar-refractivity contribution < 1.29 is 0 Å². The van der Waals surface area contributed by atoms with Gasteiger partial charge in [-0.25, -0.2) is 0 Å². The van der Waals surface area contributed by atoms with Crippen LogP contribution >= 0.6 is 0 Å². The van der Waals surface area contributed by atoms with Crippen LogP contribution in [-0.4, -0.2) is 5.71 Å². The van der Waals surface area contributed by atoms with Gasteiger partial charge in [0.1, 0.15) is 6.17 Å². The Morgan fingerprint density at radius 1 is 0.390 bits per heavy atom. The summed E-state index contributed by atoms with van der Waals surface area (Å²) in [6.45, 7) is 0. The van der Waals surface area contributed by atoms with Crippen molar-refractivity contribution in [3.05, 3.63) is 257 Å². The van der Waals surface area contributed by atoms with E-state index in [1.165, 1.54) is 77.5 Å². The second-order valence-electron chi connectivity index (χ2n) is 15.8. The summed E-state index contributed by atoms with van der Waals surface area (Å²) in [7, 11) is 0. The number of hydrogen-bond donors (Lipinski definition) is 1. The molecule has 0 amide bonds. The number of aliphatic imine (C=N–C) groups is 1. The van der Waals surface area contributed by atoms with Gasteiger partial charge in [-0.05, 0) is 112 Å². The highest BCUT2D eigenvalue weighted by atomic mass is 15.1. The summed E-state index contributed by atoms with van der Waals surface area (Å²) in [5.74, 6) is 0. The Kier molecular flexibility index (Phi) is 7.55. The van der Waals surface area contributed by atoms with Gasteiger partial charge < -0.3 is 5.32 Å². The van der Waals surface area contributed by atoms with Crippen LogP contribution in [0.15, 0.2) is 223 Å². The number of nitrogens with zero attached hydrogens (tertiary/aromatic N) is 1. The summed E-state index contributed by atoms with van der Waals surface area (Å²) in [6, 6.07) is 77.8. The molecular formula is C57H38N2. The van der Waals surface area contributed by atoms with Crippen molar-refractivity contribution in [3.63, 3.8) is 0 Å². The molecule has 0 bridgehead atoms. The first-order valence-corrected chi connectivity index (χ1v) is 20.5. The molecule has 2 heteroatoms. The van der Waals surface area contributed by atoms with E-state index >= 15 is 0 Å². The Balaban J connectivity index is 1.03. The molecule has 0 aromatic heterocycles. The van der Waals surface area contributed by atoms with Crippen molar-refractivity contribution in [2.75, 3.05) is 0 Å². The molecule has 3 aliphatic rings. The van der Waals surface area contributed by atoms with E-state index in [1.807, 2.05) is 0 Å². The maximum absolute atomic E-state index is 5.25. The number of allylic oxidation sites excluding steroid dienone is 1. The third-order valence-electron chi connectivity index (χ3n) is 12.7. The van der Waals surface area contributed by atoms with E-state index in [4.69, 9.17) is 4.99 Å². The number of fused-ring (bicyclic) bond motifs is 11. The summed E-state index contributed by atoms with van der Waals surface area (Å²) in [6.07, 6.45) is 1.94. The molecule has 1 N–H and O–H groups in total. The van der Waals surface area contributed by atoms with Crippen LogP contribution in [0.1, 0.15) is 45.1 Å². The van der Waals surface area contributed by atoms with Gasteiger partial charge in [0.05, 0.1) is 11.1 Å². The van der Waals surface area contributed by atoms with Gasteiger partial charge in [0.25, 0.3) is 0 Å². The molecule has 9 aromatic carbocycles. The lowest BCUT2D eigenvalue weighted by Crippen LogP contribution is -2.26. The third-order valence-corrected chi connectivity index (χ3v) is 12.7. The van der Waals surface area contributed by atoms with E-state index in [9.17, 15) is 0 Å². The Morgan fingerprint density at radius 2 is 0.966 bits per heavy atom. The fourth-order valence-corrected chi connectivity index (χ4v) is 10.1. The zero-order valence-corrected chi connectivity index (χ0v) is 32.3. The third kappa shape index (κ3) is 5.10. The Bertz CT molecular complexity index is 3110. The fourth-order valence-electron chi connectivity index (χ4n) is 10.1. The minimum Gasteiger partial charge on any atom is -0.360 e. The molecule has 59 heavy (non-hydrogen) atoms. The molecule has 1 unspecified atom stereocenters. The van der Waals surface area contributed by atoms with Crippen LogP contribution in [0.4, 0.5) is 0 Å². The minimum atomic E-state index is -0.476. The second kappa shape index (κ2) is 13.3. The predicted molar refractivity (Wildman–Crippen MR) is 244 cm³/mol. The molecule has 2 aliphatic carbocycles. The minimum absolute atomic E-state index is 0.228. The Hall–Kier alpha value is -7.55. The van der Waals surface area contributed by atoms with Crippen molar-refractivity contribution in [2.45, 2.75) is 11.6 Å². The normalized spacial score (nSPS) is 15.4. The fraction of sp³-hybridized carbons (Fsp3) is 0.0351. The van der Waals surface area contributed by atoms with Crippen LogP contribution in [0.2, 0.25) is 0 Å². The highest BCUT2D eigenvalue weighted by Crippen LogP contribution is 2.65. The van der Waals surface area contributed by atoms with Crippen molar-refractivity contribution >= 4 is 22.2 Å². The molecule has 1 atom stereocenters. The lowest BCUT2D eigenvalue weighted by Gasteiger charge is -2.31. The van der Waals surface area contributed by atoms with Crippen LogP contribution < -0.4 is 5.32 Å². The van der Waals surface area contributed by atoms with Gasteiger partial charge >= 0.3 is 0 Å². The van der Waals surface area contributed by atoms with Crippen LogP contribution in [-0.2, 0) is 5.41 Å². The molecule has 1 heterocycles. The maximum atomic E-state index is 5.25. The van der Waals surface area contributed by atoms with Gasteiger partial charge in [0, 0.05) is 5.70 Å². The van der Waals surface area contributed by atoms with Crippen molar-refractivity contribution in [3.8, 4) is 44.5 Å². The molecule has 0 fully saturated rings. The Morgan fingerprint density at radius 3 is 1.66 bits per heavy atom. The smallest absolute Gasteiger partial charge is 0.145 e. The highest BCUT2D eigenvalue weighted by molar-refractivity contribution is 6.13. The monoisotopic (exact) mass is 750 g/mol. The molecule has 9 aromatic rings. The highest BCUT2D eigenvalue weighted by Gasteiger charge is 2.52. The summed E-state index contributed by atoms with van der Waals surface area (Å²) in [5, 5.41) is 6.28. The molecule has 276 valence electrons. The van der Waals surface area contributed by atoms with Gasteiger partial charge in [0.15, 0.2) is 0 Å². The summed E-state index contributed by atoms with van der Waals surface area (Å²) >= 11 is 0. The van der Waals surface area contributed by atoms with Gasteiger partial charge in [0.2, 0.25) is 0 Å².